The Hall–Kier alpha value is -2.93. The Bertz CT molecular complexity index is 1060. The van der Waals surface area contributed by atoms with Crippen molar-refractivity contribution >= 4 is 6.09 Å². The minimum Gasteiger partial charge on any atom is -0.497 e. The number of ether oxygens (including phenoxy) is 4. The molecule has 34 heavy (non-hydrogen) atoms. The number of nitrogens with zero attached hydrogens (tertiary/aromatic N) is 1. The second kappa shape index (κ2) is 9.02. The van der Waals surface area contributed by atoms with E-state index in [-0.39, 0.29) is 23.7 Å². The standard InChI is InChI=1S/C27H34N2O5/c1-27(2)16-33-23-13-18(20-8-6-19(31-3)14-22(20)32-4)5-7-21(23)25(27)28-26(30)34-24-15-29-11-9-17(24)10-12-29/h5-8,13-14,17,24-25H,9-12,15-16H2,1-4H3,(H,28,30)/t24-,25?/m0/s1. The molecule has 7 heteroatoms. The summed E-state index contributed by atoms with van der Waals surface area (Å²) in [4.78, 5) is 15.4. The van der Waals surface area contributed by atoms with Gasteiger partial charge < -0.3 is 24.3 Å². The summed E-state index contributed by atoms with van der Waals surface area (Å²) >= 11 is 0. The van der Waals surface area contributed by atoms with Gasteiger partial charge >= 0.3 is 6.09 Å². The Morgan fingerprint density at radius 3 is 2.56 bits per heavy atom. The summed E-state index contributed by atoms with van der Waals surface area (Å²) in [5.41, 5.74) is 2.61. The molecule has 2 bridgehead atoms. The Morgan fingerprint density at radius 2 is 1.88 bits per heavy atom. The van der Waals surface area contributed by atoms with E-state index >= 15 is 0 Å². The second-order valence-corrected chi connectivity index (χ2v) is 10.3. The van der Waals surface area contributed by atoms with Gasteiger partial charge in [0, 0.05) is 29.2 Å². The summed E-state index contributed by atoms with van der Waals surface area (Å²) in [5.74, 6) is 2.71. The molecule has 4 aliphatic heterocycles. The summed E-state index contributed by atoms with van der Waals surface area (Å²) < 4.78 is 23.0. The summed E-state index contributed by atoms with van der Waals surface area (Å²) in [6.45, 7) is 7.79. The maximum Gasteiger partial charge on any atom is 0.407 e. The van der Waals surface area contributed by atoms with Crippen molar-refractivity contribution in [3.8, 4) is 28.4 Å². The van der Waals surface area contributed by atoms with Gasteiger partial charge in [0.05, 0.1) is 26.9 Å². The predicted molar refractivity (Wildman–Crippen MR) is 130 cm³/mol. The zero-order valence-corrected chi connectivity index (χ0v) is 20.4. The van der Waals surface area contributed by atoms with Crippen LogP contribution < -0.4 is 19.5 Å². The highest BCUT2D eigenvalue weighted by atomic mass is 16.6. The molecule has 2 aromatic rings. The van der Waals surface area contributed by atoms with Crippen LogP contribution in [0.3, 0.4) is 0 Å². The van der Waals surface area contributed by atoms with Crippen LogP contribution in [-0.2, 0) is 4.74 Å². The molecule has 0 aliphatic carbocycles. The van der Waals surface area contributed by atoms with E-state index in [2.05, 4.69) is 24.1 Å². The van der Waals surface area contributed by atoms with Crippen molar-refractivity contribution in [2.45, 2.75) is 38.8 Å². The number of carbonyl (C=O) groups excluding carboxylic acids is 1. The van der Waals surface area contributed by atoms with E-state index in [0.717, 1.165) is 66.4 Å². The smallest absolute Gasteiger partial charge is 0.407 e. The number of nitrogens with one attached hydrogen (secondary N) is 1. The van der Waals surface area contributed by atoms with Crippen molar-refractivity contribution in [3.63, 3.8) is 0 Å². The SMILES string of the molecule is COc1ccc(-c2ccc3c(c2)OCC(C)(C)C3NC(=O)O[C@H]2CN3CCC2CC3)c(OC)c1. The number of alkyl carbamates (subject to hydrolysis) is 1. The number of carbonyl (C=O) groups is 1. The second-order valence-electron chi connectivity index (χ2n) is 10.3. The Kier molecular flexibility index (Phi) is 6.06. The number of piperidine rings is 3. The number of hydrogen-bond donors (Lipinski definition) is 1. The molecule has 1 N–H and O–H groups in total. The third-order valence-corrected chi connectivity index (χ3v) is 7.54. The van der Waals surface area contributed by atoms with E-state index in [0.29, 0.717) is 12.5 Å². The molecule has 1 unspecified atom stereocenters. The molecule has 3 saturated heterocycles. The van der Waals surface area contributed by atoms with Crippen molar-refractivity contribution < 1.29 is 23.7 Å². The Labute approximate surface area is 201 Å². The molecule has 7 nitrogen and oxygen atoms in total. The topological polar surface area (TPSA) is 69.3 Å². The quantitative estimate of drug-likeness (QED) is 0.692. The van der Waals surface area contributed by atoms with E-state index in [9.17, 15) is 4.79 Å². The van der Waals surface area contributed by atoms with Gasteiger partial charge in [-0.25, -0.2) is 4.79 Å². The maximum absolute atomic E-state index is 13.0. The monoisotopic (exact) mass is 466 g/mol. The first-order valence-electron chi connectivity index (χ1n) is 12.1. The van der Waals surface area contributed by atoms with Gasteiger partial charge in [0.2, 0.25) is 0 Å². The van der Waals surface area contributed by atoms with Crippen molar-refractivity contribution in [2.24, 2.45) is 11.3 Å². The molecule has 182 valence electrons. The van der Waals surface area contributed by atoms with Gasteiger partial charge in [0.1, 0.15) is 23.4 Å². The van der Waals surface area contributed by atoms with E-state index in [1.165, 1.54) is 0 Å². The van der Waals surface area contributed by atoms with E-state index < -0.39 is 0 Å². The number of benzene rings is 2. The predicted octanol–water partition coefficient (Wildman–Crippen LogP) is 4.65. The molecule has 6 rings (SSSR count). The van der Waals surface area contributed by atoms with Crippen LogP contribution in [-0.4, -0.2) is 57.6 Å². The molecule has 0 spiro atoms. The summed E-state index contributed by atoms with van der Waals surface area (Å²) in [6.07, 6.45) is 1.86. The van der Waals surface area contributed by atoms with Gasteiger partial charge in [0.25, 0.3) is 0 Å². The van der Waals surface area contributed by atoms with Gasteiger partial charge in [-0.2, -0.15) is 0 Å². The largest absolute Gasteiger partial charge is 0.497 e. The van der Waals surface area contributed by atoms with Gasteiger partial charge in [-0.15, -0.1) is 0 Å². The van der Waals surface area contributed by atoms with Crippen LogP contribution in [0.4, 0.5) is 4.79 Å². The van der Waals surface area contributed by atoms with Crippen LogP contribution in [0.2, 0.25) is 0 Å². The lowest BCUT2D eigenvalue weighted by Gasteiger charge is -2.44. The first-order valence-corrected chi connectivity index (χ1v) is 12.1. The van der Waals surface area contributed by atoms with Gasteiger partial charge in [-0.3, -0.25) is 4.90 Å². The third kappa shape index (κ3) is 4.29. The molecule has 4 aliphatic rings. The highest BCUT2D eigenvalue weighted by molar-refractivity contribution is 5.74. The van der Waals surface area contributed by atoms with Crippen LogP contribution >= 0.6 is 0 Å². The number of fused-ring (bicyclic) bond motifs is 4. The highest BCUT2D eigenvalue weighted by Crippen LogP contribution is 2.45. The van der Waals surface area contributed by atoms with Gasteiger partial charge in [-0.05, 0) is 55.6 Å². The number of rotatable bonds is 5. The molecule has 0 saturated carbocycles. The van der Waals surface area contributed by atoms with Crippen molar-refractivity contribution in [1.29, 1.82) is 0 Å². The normalized spacial score (nSPS) is 26.7. The average Bonchev–Trinajstić information content (AvgIpc) is 2.86. The van der Waals surface area contributed by atoms with E-state index in [4.69, 9.17) is 18.9 Å². The van der Waals surface area contributed by atoms with Crippen LogP contribution in [0.15, 0.2) is 36.4 Å². The van der Waals surface area contributed by atoms with Crippen LogP contribution in [0.1, 0.15) is 38.3 Å². The first-order chi connectivity index (χ1) is 16.4. The lowest BCUT2D eigenvalue weighted by molar-refractivity contribution is -0.0361. The molecule has 4 heterocycles. The zero-order chi connectivity index (χ0) is 23.9. The maximum atomic E-state index is 13.0. The fourth-order valence-electron chi connectivity index (χ4n) is 5.48. The molecule has 0 aromatic heterocycles. The average molecular weight is 467 g/mol. The van der Waals surface area contributed by atoms with Gasteiger partial charge in [0.15, 0.2) is 0 Å². The first kappa shape index (κ1) is 22.8. The highest BCUT2D eigenvalue weighted by Gasteiger charge is 2.41. The minimum absolute atomic E-state index is 0.0187. The molecule has 2 atom stereocenters. The molecule has 2 aromatic carbocycles. The molecular weight excluding hydrogens is 432 g/mol. The van der Waals surface area contributed by atoms with Crippen molar-refractivity contribution in [1.82, 2.24) is 10.2 Å². The molecular formula is C27H34N2O5. The fraction of sp³-hybridized carbons (Fsp3) is 0.519. The molecule has 3 fully saturated rings. The lowest BCUT2D eigenvalue weighted by Crippen LogP contribution is -2.53. The zero-order valence-electron chi connectivity index (χ0n) is 20.4. The van der Waals surface area contributed by atoms with Crippen LogP contribution in [0, 0.1) is 11.3 Å². The Balaban J connectivity index is 1.37. The summed E-state index contributed by atoms with van der Waals surface area (Å²) in [5, 5.41) is 3.17. The van der Waals surface area contributed by atoms with Gasteiger partial charge in [-0.1, -0.05) is 26.0 Å². The van der Waals surface area contributed by atoms with E-state index in [1.54, 1.807) is 14.2 Å². The Morgan fingerprint density at radius 1 is 1.09 bits per heavy atom. The third-order valence-electron chi connectivity index (χ3n) is 7.54. The minimum atomic E-state index is -0.342. The lowest BCUT2D eigenvalue weighted by atomic mass is 9.78. The number of methoxy groups -OCH3 is 2. The number of amides is 1. The van der Waals surface area contributed by atoms with Crippen molar-refractivity contribution in [3.05, 3.63) is 42.0 Å². The fourth-order valence-corrected chi connectivity index (χ4v) is 5.48. The van der Waals surface area contributed by atoms with E-state index in [1.807, 2.05) is 36.4 Å². The van der Waals surface area contributed by atoms with Crippen LogP contribution in [0.5, 0.6) is 17.2 Å². The summed E-state index contributed by atoms with van der Waals surface area (Å²) in [6, 6.07) is 11.6. The summed E-state index contributed by atoms with van der Waals surface area (Å²) in [7, 11) is 3.29. The molecule has 0 radical (unpaired) electrons. The van der Waals surface area contributed by atoms with Crippen molar-refractivity contribution in [2.75, 3.05) is 40.5 Å². The van der Waals surface area contributed by atoms with Crippen LogP contribution in [0.25, 0.3) is 11.1 Å². The molecule has 1 amide bonds. The number of hydrogen-bond acceptors (Lipinski definition) is 6.